The van der Waals surface area contributed by atoms with Crippen LogP contribution in [0.4, 0.5) is 0 Å². The topological polar surface area (TPSA) is 63.0 Å². The number of amides is 1. The lowest BCUT2D eigenvalue weighted by molar-refractivity contribution is -0.132. The van der Waals surface area contributed by atoms with E-state index in [1.807, 2.05) is 24.0 Å². The van der Waals surface area contributed by atoms with E-state index in [2.05, 4.69) is 11.8 Å². The number of likely N-dealkylation sites (N-methyl/N-ethyl adjacent to an activating group) is 1. The van der Waals surface area contributed by atoms with Crippen LogP contribution in [-0.4, -0.2) is 55.5 Å². The van der Waals surface area contributed by atoms with Crippen molar-refractivity contribution in [2.45, 2.75) is 26.7 Å². The van der Waals surface area contributed by atoms with Crippen LogP contribution in [0.25, 0.3) is 11.0 Å². The summed E-state index contributed by atoms with van der Waals surface area (Å²) in [7, 11) is 1.58. The highest BCUT2D eigenvalue weighted by molar-refractivity contribution is 5.82. The SMILES string of the molecule is CCN1CCN(C(=O)CCc2c(C)c3ccc(OC)cc3oc2=O)CC1. The Morgan fingerprint density at radius 2 is 1.96 bits per heavy atom. The molecule has 0 unspecified atom stereocenters. The Morgan fingerprint density at radius 1 is 1.23 bits per heavy atom. The van der Waals surface area contributed by atoms with E-state index in [1.54, 1.807) is 13.2 Å². The number of methoxy groups -OCH3 is 1. The molecule has 140 valence electrons. The lowest BCUT2D eigenvalue weighted by atomic mass is 10.0. The average molecular weight is 358 g/mol. The molecule has 6 heteroatoms. The van der Waals surface area contributed by atoms with E-state index in [0.717, 1.165) is 43.7 Å². The fourth-order valence-corrected chi connectivity index (χ4v) is 3.49. The Kier molecular flexibility index (Phi) is 5.61. The molecule has 3 rings (SSSR count). The molecule has 0 radical (unpaired) electrons. The smallest absolute Gasteiger partial charge is 0.339 e. The van der Waals surface area contributed by atoms with E-state index in [0.29, 0.717) is 29.7 Å². The van der Waals surface area contributed by atoms with Gasteiger partial charge in [-0.25, -0.2) is 4.79 Å². The van der Waals surface area contributed by atoms with E-state index >= 15 is 0 Å². The van der Waals surface area contributed by atoms with Gasteiger partial charge < -0.3 is 19.0 Å². The Bertz CT molecular complexity index is 851. The van der Waals surface area contributed by atoms with Crippen molar-refractivity contribution in [1.29, 1.82) is 0 Å². The van der Waals surface area contributed by atoms with E-state index in [4.69, 9.17) is 9.15 Å². The maximum absolute atomic E-state index is 12.5. The summed E-state index contributed by atoms with van der Waals surface area (Å²) in [5.41, 5.74) is 1.61. The van der Waals surface area contributed by atoms with E-state index in [9.17, 15) is 9.59 Å². The summed E-state index contributed by atoms with van der Waals surface area (Å²) in [5.74, 6) is 0.753. The number of fused-ring (bicyclic) bond motifs is 1. The van der Waals surface area contributed by atoms with Gasteiger partial charge in [0, 0.05) is 49.6 Å². The zero-order chi connectivity index (χ0) is 18.7. The number of hydrogen-bond acceptors (Lipinski definition) is 5. The molecule has 0 atom stereocenters. The average Bonchev–Trinajstić information content (AvgIpc) is 2.67. The van der Waals surface area contributed by atoms with Crippen LogP contribution in [0.3, 0.4) is 0 Å². The number of carbonyl (C=O) groups is 1. The second-order valence-corrected chi connectivity index (χ2v) is 6.67. The number of carbonyl (C=O) groups excluding carboxylic acids is 1. The van der Waals surface area contributed by atoms with Crippen LogP contribution in [0.2, 0.25) is 0 Å². The van der Waals surface area contributed by atoms with Crippen LogP contribution in [0.5, 0.6) is 5.75 Å². The largest absolute Gasteiger partial charge is 0.497 e. The number of piperazine rings is 1. The van der Waals surface area contributed by atoms with Gasteiger partial charge in [0.1, 0.15) is 11.3 Å². The summed E-state index contributed by atoms with van der Waals surface area (Å²) >= 11 is 0. The molecule has 6 nitrogen and oxygen atoms in total. The molecule has 0 saturated carbocycles. The quantitative estimate of drug-likeness (QED) is 0.767. The number of benzene rings is 1. The summed E-state index contributed by atoms with van der Waals surface area (Å²) in [6, 6.07) is 5.45. The number of rotatable bonds is 5. The highest BCUT2D eigenvalue weighted by Gasteiger charge is 2.21. The molecular formula is C20H26N2O4. The number of nitrogens with zero attached hydrogens (tertiary/aromatic N) is 2. The van der Waals surface area contributed by atoms with Gasteiger partial charge in [-0.1, -0.05) is 6.92 Å². The Labute approximate surface area is 153 Å². The summed E-state index contributed by atoms with van der Waals surface area (Å²) in [4.78, 5) is 29.1. The molecule has 1 aromatic heterocycles. The van der Waals surface area contributed by atoms with Gasteiger partial charge in [-0.15, -0.1) is 0 Å². The molecule has 0 spiro atoms. The summed E-state index contributed by atoms with van der Waals surface area (Å²) in [5, 5.41) is 0.879. The molecule has 1 aliphatic rings. The van der Waals surface area contributed by atoms with Crippen LogP contribution in [0.1, 0.15) is 24.5 Å². The fourth-order valence-electron chi connectivity index (χ4n) is 3.49. The molecule has 0 N–H and O–H groups in total. The molecule has 1 fully saturated rings. The lowest BCUT2D eigenvalue weighted by Gasteiger charge is -2.34. The van der Waals surface area contributed by atoms with Crippen molar-refractivity contribution in [3.8, 4) is 5.75 Å². The van der Waals surface area contributed by atoms with E-state index < -0.39 is 0 Å². The first-order chi connectivity index (χ1) is 12.5. The molecule has 0 aliphatic carbocycles. The normalized spacial score (nSPS) is 15.4. The maximum atomic E-state index is 12.5. The second kappa shape index (κ2) is 7.91. The first kappa shape index (κ1) is 18.5. The summed E-state index contributed by atoms with van der Waals surface area (Å²) in [6.45, 7) is 8.42. The molecule has 2 aromatic rings. The van der Waals surface area contributed by atoms with Gasteiger partial charge in [0.05, 0.1) is 7.11 Å². The van der Waals surface area contributed by atoms with E-state index in [-0.39, 0.29) is 11.5 Å². The first-order valence-corrected chi connectivity index (χ1v) is 9.14. The zero-order valence-corrected chi connectivity index (χ0v) is 15.7. The van der Waals surface area contributed by atoms with Gasteiger partial charge in [0.25, 0.3) is 0 Å². The van der Waals surface area contributed by atoms with Crippen molar-refractivity contribution in [3.63, 3.8) is 0 Å². The highest BCUT2D eigenvalue weighted by Crippen LogP contribution is 2.24. The van der Waals surface area contributed by atoms with Crippen LogP contribution in [0, 0.1) is 6.92 Å². The van der Waals surface area contributed by atoms with Crippen LogP contribution < -0.4 is 10.4 Å². The van der Waals surface area contributed by atoms with Gasteiger partial charge in [-0.2, -0.15) is 0 Å². The predicted molar refractivity (Wildman–Crippen MR) is 101 cm³/mol. The van der Waals surface area contributed by atoms with Crippen LogP contribution in [0.15, 0.2) is 27.4 Å². The minimum Gasteiger partial charge on any atom is -0.497 e. The lowest BCUT2D eigenvalue weighted by Crippen LogP contribution is -2.48. The fraction of sp³-hybridized carbons (Fsp3) is 0.500. The first-order valence-electron chi connectivity index (χ1n) is 9.14. The van der Waals surface area contributed by atoms with Crippen LogP contribution >= 0.6 is 0 Å². The number of hydrogen-bond donors (Lipinski definition) is 0. The summed E-state index contributed by atoms with van der Waals surface area (Å²) < 4.78 is 10.6. The van der Waals surface area contributed by atoms with Gasteiger partial charge in [0.15, 0.2) is 0 Å². The van der Waals surface area contributed by atoms with Crippen molar-refractivity contribution in [2.75, 3.05) is 39.8 Å². The van der Waals surface area contributed by atoms with Crippen molar-refractivity contribution >= 4 is 16.9 Å². The Hall–Kier alpha value is -2.34. The van der Waals surface area contributed by atoms with Crippen molar-refractivity contribution in [2.24, 2.45) is 0 Å². The number of aryl methyl sites for hydroxylation is 1. The molecule has 1 aliphatic heterocycles. The monoisotopic (exact) mass is 358 g/mol. The van der Waals surface area contributed by atoms with Gasteiger partial charge in [0.2, 0.25) is 5.91 Å². The van der Waals surface area contributed by atoms with Crippen molar-refractivity contribution in [1.82, 2.24) is 9.80 Å². The van der Waals surface area contributed by atoms with Crippen molar-refractivity contribution in [3.05, 3.63) is 39.7 Å². The predicted octanol–water partition coefficient (Wildman–Crippen LogP) is 2.21. The molecular weight excluding hydrogens is 332 g/mol. The minimum absolute atomic E-state index is 0.106. The standard InChI is InChI=1S/C20H26N2O4/c1-4-21-9-11-22(12-10-21)19(23)8-7-17-14(2)16-6-5-15(25-3)13-18(16)26-20(17)24/h5-6,13H,4,7-12H2,1-3H3. The van der Waals surface area contributed by atoms with Gasteiger partial charge in [-0.05, 0) is 37.6 Å². The molecule has 2 heterocycles. The second-order valence-electron chi connectivity index (χ2n) is 6.67. The van der Waals surface area contributed by atoms with E-state index in [1.165, 1.54) is 0 Å². The summed E-state index contributed by atoms with van der Waals surface area (Å²) in [6.07, 6.45) is 0.738. The highest BCUT2D eigenvalue weighted by atomic mass is 16.5. The van der Waals surface area contributed by atoms with Crippen molar-refractivity contribution < 1.29 is 13.9 Å². The zero-order valence-electron chi connectivity index (χ0n) is 15.7. The molecule has 26 heavy (non-hydrogen) atoms. The Balaban J connectivity index is 1.73. The molecule has 1 aromatic carbocycles. The third-order valence-corrected chi connectivity index (χ3v) is 5.26. The van der Waals surface area contributed by atoms with Gasteiger partial charge >= 0.3 is 5.63 Å². The minimum atomic E-state index is -0.369. The van der Waals surface area contributed by atoms with Gasteiger partial charge in [-0.3, -0.25) is 4.79 Å². The number of ether oxygens (including phenoxy) is 1. The third-order valence-electron chi connectivity index (χ3n) is 5.26. The maximum Gasteiger partial charge on any atom is 0.339 e. The van der Waals surface area contributed by atoms with Crippen LogP contribution in [-0.2, 0) is 11.2 Å². The Morgan fingerprint density at radius 3 is 2.62 bits per heavy atom. The molecule has 1 amide bonds. The molecule has 1 saturated heterocycles. The molecule has 0 bridgehead atoms. The third kappa shape index (κ3) is 3.75.